The third-order valence-electron chi connectivity index (χ3n) is 4.42. The Hall–Kier alpha value is -2.82. The highest BCUT2D eigenvalue weighted by Crippen LogP contribution is 2.27. The minimum absolute atomic E-state index is 0.0554. The molecule has 29 heavy (non-hydrogen) atoms. The number of amides is 1. The Morgan fingerprint density at radius 3 is 2.48 bits per heavy atom. The van der Waals surface area contributed by atoms with Crippen molar-refractivity contribution in [3.63, 3.8) is 0 Å². The maximum absolute atomic E-state index is 12.9. The standard InChI is InChI=1S/C18H17ClN4O5S/c19-14-5-9-16(10-6-14)29(27,28)22-11-1-2-17(22)18(24)21-20-12-13-3-7-15(8-4-13)23(25)26/h3-10,12,17H,1-2,11H2,(H,21,24)/b20-12-/t17-/m1/s1. The number of sulfonamides is 1. The summed E-state index contributed by atoms with van der Waals surface area (Å²) >= 11 is 5.81. The van der Waals surface area contributed by atoms with Crippen molar-refractivity contribution in [2.45, 2.75) is 23.8 Å². The molecule has 1 aliphatic rings. The number of hydrogen-bond donors (Lipinski definition) is 1. The second kappa shape index (κ2) is 8.68. The van der Waals surface area contributed by atoms with Gasteiger partial charge >= 0.3 is 0 Å². The number of rotatable bonds is 6. The van der Waals surface area contributed by atoms with Gasteiger partial charge in [-0.25, -0.2) is 13.8 Å². The molecule has 9 nitrogen and oxygen atoms in total. The normalized spacial score (nSPS) is 17.5. The monoisotopic (exact) mass is 436 g/mol. The van der Waals surface area contributed by atoms with E-state index in [1.165, 1.54) is 54.7 Å². The van der Waals surface area contributed by atoms with Crippen LogP contribution < -0.4 is 5.43 Å². The number of carbonyl (C=O) groups is 1. The van der Waals surface area contributed by atoms with Gasteiger partial charge in [0.25, 0.3) is 11.6 Å². The zero-order chi connectivity index (χ0) is 21.0. The average Bonchev–Trinajstić information content (AvgIpc) is 3.19. The fourth-order valence-corrected chi connectivity index (χ4v) is 4.74. The first kappa shape index (κ1) is 20.9. The fourth-order valence-electron chi connectivity index (χ4n) is 2.96. The van der Waals surface area contributed by atoms with E-state index < -0.39 is 26.9 Å². The summed E-state index contributed by atoms with van der Waals surface area (Å²) in [5, 5.41) is 14.9. The lowest BCUT2D eigenvalue weighted by Crippen LogP contribution is -2.44. The van der Waals surface area contributed by atoms with Crippen molar-refractivity contribution in [2.24, 2.45) is 5.10 Å². The van der Waals surface area contributed by atoms with Crippen molar-refractivity contribution in [2.75, 3.05) is 6.54 Å². The van der Waals surface area contributed by atoms with Gasteiger partial charge in [0.1, 0.15) is 6.04 Å². The second-order valence-electron chi connectivity index (χ2n) is 6.31. The van der Waals surface area contributed by atoms with Crippen LogP contribution in [0.2, 0.25) is 5.02 Å². The molecule has 1 aliphatic heterocycles. The number of non-ortho nitro benzene ring substituents is 1. The number of nitro groups is 1. The molecule has 1 heterocycles. The summed E-state index contributed by atoms with van der Waals surface area (Å²) in [6.07, 6.45) is 2.26. The maximum Gasteiger partial charge on any atom is 0.269 e. The number of nitrogens with zero attached hydrogens (tertiary/aromatic N) is 3. The summed E-state index contributed by atoms with van der Waals surface area (Å²) in [7, 11) is -3.84. The number of nitrogens with one attached hydrogen (secondary N) is 1. The molecule has 1 saturated heterocycles. The molecule has 0 unspecified atom stereocenters. The lowest BCUT2D eigenvalue weighted by atomic mass is 10.2. The zero-order valence-corrected chi connectivity index (χ0v) is 16.6. The van der Waals surface area contributed by atoms with E-state index in [0.29, 0.717) is 23.4 Å². The summed E-state index contributed by atoms with van der Waals surface area (Å²) < 4.78 is 26.9. The second-order valence-corrected chi connectivity index (χ2v) is 8.64. The van der Waals surface area contributed by atoms with Crippen LogP contribution >= 0.6 is 11.6 Å². The van der Waals surface area contributed by atoms with Gasteiger partial charge in [-0.1, -0.05) is 11.6 Å². The molecule has 0 spiro atoms. The highest BCUT2D eigenvalue weighted by Gasteiger charge is 2.39. The van der Waals surface area contributed by atoms with Crippen molar-refractivity contribution in [1.29, 1.82) is 0 Å². The number of halogens is 1. The van der Waals surface area contributed by atoms with Crippen LogP contribution in [0.15, 0.2) is 58.5 Å². The molecule has 1 amide bonds. The molecule has 0 saturated carbocycles. The Kier molecular flexibility index (Phi) is 6.26. The SMILES string of the molecule is O=C(N/N=C\c1ccc([N+](=O)[O-])cc1)[C@H]1CCCN1S(=O)(=O)c1ccc(Cl)cc1. The predicted octanol–water partition coefficient (Wildman–Crippen LogP) is 2.55. The molecule has 3 rings (SSSR count). The van der Waals surface area contributed by atoms with E-state index in [4.69, 9.17) is 11.6 Å². The van der Waals surface area contributed by atoms with E-state index in [-0.39, 0.29) is 17.1 Å². The first-order valence-corrected chi connectivity index (χ1v) is 10.5. The van der Waals surface area contributed by atoms with Crippen LogP contribution in [0.1, 0.15) is 18.4 Å². The minimum atomic E-state index is -3.84. The molecule has 1 fully saturated rings. The fraction of sp³-hybridized carbons (Fsp3) is 0.222. The van der Waals surface area contributed by atoms with E-state index in [2.05, 4.69) is 10.5 Å². The Morgan fingerprint density at radius 2 is 1.86 bits per heavy atom. The third kappa shape index (κ3) is 4.78. The molecule has 11 heteroatoms. The first-order chi connectivity index (χ1) is 13.8. The molecule has 2 aromatic rings. The van der Waals surface area contributed by atoms with E-state index in [1.807, 2.05) is 0 Å². The molecule has 0 radical (unpaired) electrons. The van der Waals surface area contributed by atoms with Crippen LogP contribution in [0.3, 0.4) is 0 Å². The molecule has 152 valence electrons. The van der Waals surface area contributed by atoms with Gasteiger partial charge in [0.05, 0.1) is 16.0 Å². The smallest absolute Gasteiger partial charge is 0.269 e. The zero-order valence-electron chi connectivity index (χ0n) is 15.1. The number of carbonyl (C=O) groups excluding carboxylic acids is 1. The average molecular weight is 437 g/mol. The van der Waals surface area contributed by atoms with Gasteiger partial charge in [-0.2, -0.15) is 9.41 Å². The lowest BCUT2D eigenvalue weighted by Gasteiger charge is -2.22. The van der Waals surface area contributed by atoms with Crippen molar-refractivity contribution in [3.05, 3.63) is 69.2 Å². The Balaban J connectivity index is 1.68. The van der Waals surface area contributed by atoms with Crippen molar-refractivity contribution >= 4 is 39.4 Å². The van der Waals surface area contributed by atoms with Crippen LogP contribution in [0.4, 0.5) is 5.69 Å². The van der Waals surface area contributed by atoms with E-state index in [0.717, 1.165) is 4.31 Å². The lowest BCUT2D eigenvalue weighted by molar-refractivity contribution is -0.384. The quantitative estimate of drug-likeness (QED) is 0.423. The maximum atomic E-state index is 12.9. The highest BCUT2D eigenvalue weighted by molar-refractivity contribution is 7.89. The number of benzene rings is 2. The van der Waals surface area contributed by atoms with Crippen molar-refractivity contribution in [1.82, 2.24) is 9.73 Å². The molecule has 2 aromatic carbocycles. The van der Waals surface area contributed by atoms with Gasteiger partial charge in [0.15, 0.2) is 0 Å². The minimum Gasteiger partial charge on any atom is -0.271 e. The van der Waals surface area contributed by atoms with Crippen molar-refractivity contribution < 1.29 is 18.1 Å². The number of nitro benzene ring substituents is 1. The molecule has 1 N–H and O–H groups in total. The number of hydrazone groups is 1. The molecular formula is C18H17ClN4O5S. The topological polar surface area (TPSA) is 122 Å². The van der Waals surface area contributed by atoms with Crippen LogP contribution in [0.25, 0.3) is 0 Å². The van der Waals surface area contributed by atoms with Gasteiger partial charge in [-0.3, -0.25) is 14.9 Å². The molecule has 1 atom stereocenters. The Bertz CT molecular complexity index is 1040. The molecule has 0 aliphatic carbocycles. The van der Waals surface area contributed by atoms with Gasteiger partial charge in [0, 0.05) is 23.7 Å². The summed E-state index contributed by atoms with van der Waals surface area (Å²) in [6, 6.07) is 10.5. The largest absolute Gasteiger partial charge is 0.271 e. The third-order valence-corrected chi connectivity index (χ3v) is 6.59. The molecular weight excluding hydrogens is 420 g/mol. The Labute approximate surface area is 172 Å². The van der Waals surface area contributed by atoms with Gasteiger partial charge in [-0.15, -0.1) is 0 Å². The van der Waals surface area contributed by atoms with E-state index in [1.54, 1.807) is 0 Å². The van der Waals surface area contributed by atoms with E-state index >= 15 is 0 Å². The van der Waals surface area contributed by atoms with Gasteiger partial charge in [0.2, 0.25) is 10.0 Å². The van der Waals surface area contributed by atoms with Gasteiger partial charge < -0.3 is 0 Å². The summed E-state index contributed by atoms with van der Waals surface area (Å²) in [6.45, 7) is 0.231. The number of hydrogen-bond acceptors (Lipinski definition) is 6. The first-order valence-electron chi connectivity index (χ1n) is 8.64. The Morgan fingerprint density at radius 1 is 1.21 bits per heavy atom. The molecule has 0 aromatic heterocycles. The van der Waals surface area contributed by atoms with E-state index in [9.17, 15) is 23.3 Å². The van der Waals surface area contributed by atoms with Crippen molar-refractivity contribution in [3.8, 4) is 0 Å². The summed E-state index contributed by atoms with van der Waals surface area (Å²) in [5.41, 5.74) is 2.84. The highest BCUT2D eigenvalue weighted by atomic mass is 35.5. The van der Waals surface area contributed by atoms with Crippen LogP contribution in [0, 0.1) is 10.1 Å². The van der Waals surface area contributed by atoms with Crippen LogP contribution in [-0.2, 0) is 14.8 Å². The predicted molar refractivity (Wildman–Crippen MR) is 107 cm³/mol. The summed E-state index contributed by atoms with van der Waals surface area (Å²) in [5.74, 6) is -0.543. The summed E-state index contributed by atoms with van der Waals surface area (Å²) in [4.78, 5) is 22.7. The van der Waals surface area contributed by atoms with Crippen LogP contribution in [0.5, 0.6) is 0 Å². The molecule has 0 bridgehead atoms. The van der Waals surface area contributed by atoms with Gasteiger partial charge in [-0.05, 0) is 54.8 Å². The van der Waals surface area contributed by atoms with Crippen LogP contribution in [-0.4, -0.2) is 42.4 Å².